The minimum absolute atomic E-state index is 0.0995. The van der Waals surface area contributed by atoms with Gasteiger partial charge >= 0.3 is 0 Å². The molecule has 0 bridgehead atoms. The molecule has 0 heterocycles. The fourth-order valence-electron chi connectivity index (χ4n) is 0.323. The molecule has 0 atom stereocenters. The minimum atomic E-state index is 0.0995. The van der Waals surface area contributed by atoms with Gasteiger partial charge in [0.05, 0.1) is 13.2 Å². The van der Waals surface area contributed by atoms with Gasteiger partial charge in [0.1, 0.15) is 0 Å². The van der Waals surface area contributed by atoms with Gasteiger partial charge in [0.2, 0.25) is 0 Å². The van der Waals surface area contributed by atoms with E-state index in [0.29, 0.717) is 19.1 Å². The van der Waals surface area contributed by atoms with Crippen LogP contribution in [0.4, 0.5) is 0 Å². The molecule has 0 rings (SSSR count). The van der Waals surface area contributed by atoms with Crippen molar-refractivity contribution < 1.29 is 9.84 Å². The van der Waals surface area contributed by atoms with Gasteiger partial charge in [0.15, 0.2) is 0 Å². The summed E-state index contributed by atoms with van der Waals surface area (Å²) in [5.41, 5.74) is 0. The predicted octanol–water partition coefficient (Wildman–Crippen LogP) is 0.624. The van der Waals surface area contributed by atoms with Crippen molar-refractivity contribution >= 4 is 11.6 Å². The van der Waals surface area contributed by atoms with Crippen molar-refractivity contribution in [2.24, 2.45) is 0 Å². The highest BCUT2D eigenvalue weighted by atomic mass is 35.5. The Balaban J connectivity index is 2.53. The van der Waals surface area contributed by atoms with Gasteiger partial charge in [-0.15, -0.1) is 11.6 Å². The van der Waals surface area contributed by atoms with Crippen molar-refractivity contribution in [3.05, 3.63) is 0 Å². The van der Waals surface area contributed by atoms with Gasteiger partial charge in [0, 0.05) is 12.5 Å². The molecule has 0 aromatic carbocycles. The number of hydrogen-bond donors (Lipinski definition) is 1. The van der Waals surface area contributed by atoms with Gasteiger partial charge in [-0.1, -0.05) is 0 Å². The third-order valence-corrected chi connectivity index (χ3v) is 0.925. The molecule has 3 heteroatoms. The molecule has 0 aromatic rings. The highest BCUT2D eigenvalue weighted by molar-refractivity contribution is 6.17. The first kappa shape index (κ1) is 8.21. The van der Waals surface area contributed by atoms with Crippen molar-refractivity contribution in [3.8, 4) is 0 Å². The second-order valence-corrected chi connectivity index (χ2v) is 1.76. The molecule has 0 fully saturated rings. The zero-order valence-corrected chi connectivity index (χ0v) is 5.52. The lowest BCUT2D eigenvalue weighted by Gasteiger charge is -1.96. The molecule has 0 radical (unpaired) electrons. The second kappa shape index (κ2) is 7.21. The summed E-state index contributed by atoms with van der Waals surface area (Å²) in [5, 5.41) is 8.21. The van der Waals surface area contributed by atoms with Crippen molar-refractivity contribution in [1.29, 1.82) is 0 Å². The summed E-state index contributed by atoms with van der Waals surface area (Å²) < 4.78 is 4.89. The summed E-state index contributed by atoms with van der Waals surface area (Å²) in [6.07, 6.45) is 0.863. The molecule has 1 N–H and O–H groups in total. The lowest BCUT2D eigenvalue weighted by molar-refractivity contribution is 0.0931. The monoisotopic (exact) mass is 138 g/mol. The molecule has 0 aliphatic heterocycles. The maximum atomic E-state index is 8.21. The Bertz CT molecular complexity index is 35.4. The minimum Gasteiger partial charge on any atom is -0.394 e. The van der Waals surface area contributed by atoms with E-state index in [1.165, 1.54) is 0 Å². The summed E-state index contributed by atoms with van der Waals surface area (Å²) in [6, 6.07) is 0. The highest BCUT2D eigenvalue weighted by Crippen LogP contribution is 1.84. The SMILES string of the molecule is OCCOCCCCl. The third-order valence-electron chi connectivity index (χ3n) is 0.658. The lowest BCUT2D eigenvalue weighted by atomic mass is 10.5. The first-order valence-electron chi connectivity index (χ1n) is 2.66. The number of hydrogen-bond acceptors (Lipinski definition) is 2. The van der Waals surface area contributed by atoms with Crippen LogP contribution in [0.2, 0.25) is 0 Å². The van der Waals surface area contributed by atoms with Crippen molar-refractivity contribution in [1.82, 2.24) is 0 Å². The van der Waals surface area contributed by atoms with E-state index in [1.807, 2.05) is 0 Å². The topological polar surface area (TPSA) is 29.5 Å². The molecular formula is C5H11ClO2. The Labute approximate surface area is 54.4 Å². The van der Waals surface area contributed by atoms with E-state index < -0.39 is 0 Å². The van der Waals surface area contributed by atoms with E-state index in [9.17, 15) is 0 Å². The summed E-state index contributed by atoms with van der Waals surface area (Å²) in [7, 11) is 0. The largest absolute Gasteiger partial charge is 0.394 e. The van der Waals surface area contributed by atoms with Crippen molar-refractivity contribution in [2.75, 3.05) is 25.7 Å². The Morgan fingerprint density at radius 1 is 1.38 bits per heavy atom. The van der Waals surface area contributed by atoms with Crippen LogP contribution in [0.15, 0.2) is 0 Å². The van der Waals surface area contributed by atoms with E-state index in [-0.39, 0.29) is 6.61 Å². The fourth-order valence-corrected chi connectivity index (χ4v) is 0.432. The van der Waals surface area contributed by atoms with Crippen molar-refractivity contribution in [3.63, 3.8) is 0 Å². The Hall–Kier alpha value is 0.210. The number of alkyl halides is 1. The summed E-state index contributed by atoms with van der Waals surface area (Å²) in [5.74, 6) is 0.630. The van der Waals surface area contributed by atoms with Gasteiger partial charge in [0.25, 0.3) is 0 Å². The van der Waals surface area contributed by atoms with Crippen LogP contribution < -0.4 is 0 Å². The van der Waals surface area contributed by atoms with Crippen LogP contribution in [-0.2, 0) is 4.74 Å². The van der Waals surface area contributed by atoms with E-state index in [1.54, 1.807) is 0 Å². The number of rotatable bonds is 5. The lowest BCUT2D eigenvalue weighted by Crippen LogP contribution is -2.00. The van der Waals surface area contributed by atoms with Crippen LogP contribution in [-0.4, -0.2) is 30.8 Å². The van der Waals surface area contributed by atoms with Gasteiger partial charge in [-0.05, 0) is 6.42 Å². The predicted molar refractivity (Wildman–Crippen MR) is 33.2 cm³/mol. The van der Waals surface area contributed by atoms with Crippen LogP contribution in [0.3, 0.4) is 0 Å². The first-order chi connectivity index (χ1) is 3.91. The highest BCUT2D eigenvalue weighted by Gasteiger charge is 1.83. The standard InChI is InChI=1S/C5H11ClO2/c6-2-1-4-8-5-3-7/h7H,1-5H2. The molecule has 0 saturated heterocycles. The molecule has 0 spiro atoms. The van der Waals surface area contributed by atoms with E-state index in [0.717, 1.165) is 6.42 Å². The normalized spacial score (nSPS) is 9.75. The molecule has 0 aromatic heterocycles. The average Bonchev–Trinajstić information content (AvgIpc) is 1.81. The summed E-state index contributed by atoms with van der Waals surface area (Å²) in [4.78, 5) is 0. The van der Waals surface area contributed by atoms with E-state index in [4.69, 9.17) is 21.4 Å². The average molecular weight is 139 g/mol. The maximum absolute atomic E-state index is 8.21. The fraction of sp³-hybridized carbons (Fsp3) is 1.00. The number of ether oxygens (including phenoxy) is 1. The number of aliphatic hydroxyl groups excluding tert-OH is 1. The molecule has 50 valence electrons. The molecule has 2 nitrogen and oxygen atoms in total. The van der Waals surface area contributed by atoms with Crippen LogP contribution in [0.1, 0.15) is 6.42 Å². The molecule has 0 aliphatic rings. The molecule has 0 amide bonds. The van der Waals surface area contributed by atoms with Gasteiger partial charge in [-0.2, -0.15) is 0 Å². The summed E-state index contributed by atoms with van der Waals surface area (Å²) in [6.45, 7) is 1.18. The van der Waals surface area contributed by atoms with Crippen LogP contribution in [0, 0.1) is 0 Å². The Kier molecular flexibility index (Phi) is 7.40. The van der Waals surface area contributed by atoms with Gasteiger partial charge in [-0.25, -0.2) is 0 Å². The van der Waals surface area contributed by atoms with Gasteiger partial charge in [-0.3, -0.25) is 0 Å². The Morgan fingerprint density at radius 3 is 2.62 bits per heavy atom. The summed E-state index contributed by atoms with van der Waals surface area (Å²) >= 11 is 5.34. The van der Waals surface area contributed by atoms with E-state index in [2.05, 4.69) is 0 Å². The quantitative estimate of drug-likeness (QED) is 0.446. The number of aliphatic hydroxyl groups is 1. The van der Waals surface area contributed by atoms with E-state index >= 15 is 0 Å². The third kappa shape index (κ3) is 6.21. The van der Waals surface area contributed by atoms with Crippen LogP contribution in [0.5, 0.6) is 0 Å². The zero-order valence-electron chi connectivity index (χ0n) is 4.77. The Morgan fingerprint density at radius 2 is 2.12 bits per heavy atom. The number of halogens is 1. The molecule has 8 heavy (non-hydrogen) atoms. The van der Waals surface area contributed by atoms with Crippen LogP contribution >= 0.6 is 11.6 Å². The maximum Gasteiger partial charge on any atom is 0.0697 e. The second-order valence-electron chi connectivity index (χ2n) is 1.38. The van der Waals surface area contributed by atoms with Crippen LogP contribution in [0.25, 0.3) is 0 Å². The molecule has 0 saturated carbocycles. The first-order valence-corrected chi connectivity index (χ1v) is 3.20. The zero-order chi connectivity index (χ0) is 6.24. The molecule has 0 aliphatic carbocycles. The molecular weight excluding hydrogens is 128 g/mol. The van der Waals surface area contributed by atoms with Crippen molar-refractivity contribution in [2.45, 2.75) is 6.42 Å². The smallest absolute Gasteiger partial charge is 0.0697 e. The van der Waals surface area contributed by atoms with Gasteiger partial charge < -0.3 is 9.84 Å². The molecule has 0 unspecified atom stereocenters.